The number of carbonyl (C=O) groups is 2. The van der Waals surface area contributed by atoms with Crippen molar-refractivity contribution in [3.8, 4) is 5.75 Å². The Morgan fingerprint density at radius 2 is 1.81 bits per heavy atom. The zero-order valence-electron chi connectivity index (χ0n) is 14.4. The second kappa shape index (κ2) is 8.89. The molecule has 0 saturated carbocycles. The van der Waals surface area contributed by atoms with Gasteiger partial charge in [-0.25, -0.2) is 0 Å². The lowest BCUT2D eigenvalue weighted by Gasteiger charge is -2.25. The second-order valence-corrected chi connectivity index (χ2v) is 6.64. The van der Waals surface area contributed by atoms with Gasteiger partial charge in [0, 0.05) is 11.3 Å². The molecule has 2 aromatic carbocycles. The van der Waals surface area contributed by atoms with Crippen LogP contribution in [0.1, 0.15) is 10.4 Å². The first-order valence-corrected chi connectivity index (χ1v) is 8.46. The van der Waals surface area contributed by atoms with E-state index >= 15 is 0 Å². The highest BCUT2D eigenvalue weighted by molar-refractivity contribution is 6.42. The molecule has 2 aromatic rings. The Labute approximate surface area is 162 Å². The molecule has 0 spiro atoms. The molecule has 0 unspecified atom stereocenters. The van der Waals surface area contributed by atoms with Crippen LogP contribution < -0.4 is 15.4 Å². The van der Waals surface area contributed by atoms with Gasteiger partial charge >= 0.3 is 0 Å². The van der Waals surface area contributed by atoms with E-state index in [0.717, 1.165) is 0 Å². The summed E-state index contributed by atoms with van der Waals surface area (Å²) >= 11 is 12.0. The number of anilines is 1. The number of carbonyl (C=O) groups excluding carboxylic acids is 2. The van der Waals surface area contributed by atoms with E-state index in [1.165, 1.54) is 11.0 Å². The third kappa shape index (κ3) is 5.36. The van der Waals surface area contributed by atoms with Crippen LogP contribution in [0.2, 0.25) is 10.0 Å². The molecule has 8 heteroatoms. The van der Waals surface area contributed by atoms with Crippen molar-refractivity contribution in [1.29, 1.82) is 0 Å². The van der Waals surface area contributed by atoms with Crippen LogP contribution in [-0.4, -0.2) is 44.1 Å². The highest BCUT2D eigenvalue weighted by Crippen LogP contribution is 2.27. The molecule has 6 nitrogen and oxygen atoms in total. The van der Waals surface area contributed by atoms with E-state index in [4.69, 9.17) is 33.7 Å². The van der Waals surface area contributed by atoms with Crippen LogP contribution in [0.15, 0.2) is 42.5 Å². The van der Waals surface area contributed by atoms with Gasteiger partial charge in [0.15, 0.2) is 6.73 Å². The Balaban J connectivity index is 2.23. The van der Waals surface area contributed by atoms with Crippen molar-refractivity contribution in [3.05, 3.63) is 58.1 Å². The minimum absolute atomic E-state index is 0.0626. The minimum Gasteiger partial charge on any atom is -0.473 e. The van der Waals surface area contributed by atoms with Gasteiger partial charge in [-0.1, -0.05) is 29.3 Å². The fourth-order valence-corrected chi connectivity index (χ4v) is 2.47. The van der Waals surface area contributed by atoms with Crippen molar-refractivity contribution in [1.82, 2.24) is 4.90 Å². The van der Waals surface area contributed by atoms with Gasteiger partial charge in [-0.3, -0.25) is 14.5 Å². The first-order chi connectivity index (χ1) is 12.3. The van der Waals surface area contributed by atoms with Crippen molar-refractivity contribution in [3.63, 3.8) is 0 Å². The Morgan fingerprint density at radius 3 is 2.42 bits per heavy atom. The normalized spacial score (nSPS) is 10.7. The summed E-state index contributed by atoms with van der Waals surface area (Å²) < 4.78 is 5.69. The Morgan fingerprint density at radius 1 is 1.08 bits per heavy atom. The maximum absolute atomic E-state index is 12.6. The maximum Gasteiger partial charge on any atom is 0.248 e. The van der Waals surface area contributed by atoms with Crippen LogP contribution in [0, 0.1) is 0 Å². The molecule has 0 atom stereocenters. The van der Waals surface area contributed by atoms with Crippen molar-refractivity contribution < 1.29 is 14.3 Å². The number of hydrogen-bond acceptors (Lipinski definition) is 4. The largest absolute Gasteiger partial charge is 0.473 e. The molecule has 2 rings (SSSR count). The molecule has 0 radical (unpaired) electrons. The predicted octanol–water partition coefficient (Wildman–Crippen LogP) is 3.02. The van der Waals surface area contributed by atoms with Gasteiger partial charge in [0.1, 0.15) is 5.75 Å². The lowest BCUT2D eigenvalue weighted by molar-refractivity contribution is -0.119. The van der Waals surface area contributed by atoms with Gasteiger partial charge in [0.25, 0.3) is 0 Å². The SMILES string of the molecule is CN(C)CC(=O)N(COc1cccc(C(N)=O)c1)c1ccc(Cl)c(Cl)c1. The molecule has 0 aromatic heterocycles. The van der Waals surface area contributed by atoms with E-state index in [9.17, 15) is 9.59 Å². The fourth-order valence-electron chi connectivity index (χ4n) is 2.18. The van der Waals surface area contributed by atoms with E-state index in [0.29, 0.717) is 27.0 Å². The number of primary amides is 1. The molecule has 26 heavy (non-hydrogen) atoms. The van der Waals surface area contributed by atoms with Gasteiger partial charge in [-0.15, -0.1) is 0 Å². The van der Waals surface area contributed by atoms with E-state index in [1.807, 2.05) is 0 Å². The van der Waals surface area contributed by atoms with Crippen molar-refractivity contribution in [2.24, 2.45) is 5.73 Å². The summed E-state index contributed by atoms with van der Waals surface area (Å²) in [7, 11) is 3.59. The number of amides is 2. The second-order valence-electron chi connectivity index (χ2n) is 5.82. The maximum atomic E-state index is 12.6. The predicted molar refractivity (Wildman–Crippen MR) is 103 cm³/mol. The number of likely N-dealkylation sites (N-methyl/N-ethyl adjacent to an activating group) is 1. The number of benzene rings is 2. The number of halogens is 2. The van der Waals surface area contributed by atoms with Crippen LogP contribution in [0.25, 0.3) is 0 Å². The van der Waals surface area contributed by atoms with Gasteiger partial charge in [-0.05, 0) is 50.5 Å². The lowest BCUT2D eigenvalue weighted by atomic mass is 10.2. The third-order valence-corrected chi connectivity index (χ3v) is 4.19. The Kier molecular flexibility index (Phi) is 6.85. The molecule has 138 valence electrons. The number of hydrogen-bond donors (Lipinski definition) is 1. The van der Waals surface area contributed by atoms with Crippen LogP contribution in [0.4, 0.5) is 5.69 Å². The van der Waals surface area contributed by atoms with Gasteiger partial charge < -0.3 is 15.4 Å². The first kappa shape index (κ1) is 20.0. The summed E-state index contributed by atoms with van der Waals surface area (Å²) in [6.45, 7) is 0.123. The number of ether oxygens (including phenoxy) is 1. The van der Waals surface area contributed by atoms with Crippen LogP contribution in [0.3, 0.4) is 0 Å². The smallest absolute Gasteiger partial charge is 0.248 e. The molecule has 0 fully saturated rings. The zero-order valence-corrected chi connectivity index (χ0v) is 15.9. The quantitative estimate of drug-likeness (QED) is 0.730. The molecular formula is C18H19Cl2N3O3. The topological polar surface area (TPSA) is 75.9 Å². The number of nitrogens with zero attached hydrogens (tertiary/aromatic N) is 2. The molecule has 0 aliphatic heterocycles. The van der Waals surface area contributed by atoms with Crippen LogP contribution in [-0.2, 0) is 4.79 Å². The molecule has 0 heterocycles. The summed E-state index contributed by atoms with van der Waals surface area (Å²) in [4.78, 5) is 27.1. The van der Waals surface area contributed by atoms with Crippen LogP contribution in [0.5, 0.6) is 5.75 Å². The van der Waals surface area contributed by atoms with E-state index < -0.39 is 5.91 Å². The lowest BCUT2D eigenvalue weighted by Crippen LogP contribution is -2.40. The number of nitrogens with two attached hydrogens (primary N) is 1. The average Bonchev–Trinajstić information content (AvgIpc) is 2.57. The molecule has 0 aliphatic rings. The van der Waals surface area contributed by atoms with E-state index in [-0.39, 0.29) is 19.2 Å². The Bertz CT molecular complexity index is 812. The van der Waals surface area contributed by atoms with Crippen LogP contribution >= 0.6 is 23.2 Å². The fraction of sp³-hybridized carbons (Fsp3) is 0.222. The summed E-state index contributed by atoms with van der Waals surface area (Å²) in [6.07, 6.45) is 0. The average molecular weight is 396 g/mol. The van der Waals surface area contributed by atoms with Gasteiger partial charge in [0.2, 0.25) is 11.8 Å². The van der Waals surface area contributed by atoms with Gasteiger partial charge in [-0.2, -0.15) is 0 Å². The highest BCUT2D eigenvalue weighted by atomic mass is 35.5. The minimum atomic E-state index is -0.555. The summed E-state index contributed by atoms with van der Waals surface area (Å²) in [6, 6.07) is 11.3. The van der Waals surface area contributed by atoms with E-state index in [1.54, 1.807) is 55.4 Å². The third-order valence-electron chi connectivity index (χ3n) is 3.45. The zero-order chi connectivity index (χ0) is 19.3. The molecular weight excluding hydrogens is 377 g/mol. The number of rotatable bonds is 7. The first-order valence-electron chi connectivity index (χ1n) is 7.70. The van der Waals surface area contributed by atoms with Crippen molar-refractivity contribution >= 4 is 40.7 Å². The Hall–Kier alpha value is -2.28. The molecule has 0 saturated heterocycles. The monoisotopic (exact) mass is 395 g/mol. The molecule has 0 bridgehead atoms. The summed E-state index contributed by atoms with van der Waals surface area (Å²) in [5.74, 6) is -0.316. The summed E-state index contributed by atoms with van der Waals surface area (Å²) in [5, 5.41) is 0.730. The molecule has 2 amide bonds. The standard InChI is InChI=1S/C18H19Cl2N3O3/c1-22(2)10-17(24)23(13-6-7-15(19)16(20)9-13)11-26-14-5-3-4-12(8-14)18(21)25/h3-9H,10-11H2,1-2H3,(H2,21,25). The van der Waals surface area contributed by atoms with Gasteiger partial charge in [0.05, 0.1) is 16.6 Å². The molecule has 0 aliphatic carbocycles. The van der Waals surface area contributed by atoms with E-state index in [2.05, 4.69) is 0 Å². The van der Waals surface area contributed by atoms with Crippen molar-refractivity contribution in [2.75, 3.05) is 32.3 Å². The summed E-state index contributed by atoms with van der Waals surface area (Å²) in [5.41, 5.74) is 6.15. The molecule has 2 N–H and O–H groups in total. The van der Waals surface area contributed by atoms with Crippen molar-refractivity contribution in [2.45, 2.75) is 0 Å². The highest BCUT2D eigenvalue weighted by Gasteiger charge is 2.18.